The Labute approximate surface area is 139 Å². The molecule has 4 nitrogen and oxygen atoms in total. The van der Waals surface area contributed by atoms with Gasteiger partial charge in [0.25, 0.3) is 0 Å². The number of hydrogen-bond acceptors (Lipinski definition) is 4. The van der Waals surface area contributed by atoms with E-state index in [1.807, 2.05) is 13.8 Å². The third-order valence-electron chi connectivity index (χ3n) is 2.93. The molecule has 1 unspecified atom stereocenters. The van der Waals surface area contributed by atoms with E-state index in [2.05, 4.69) is 4.98 Å². The fraction of sp³-hybridized carbons (Fsp3) is 0.312. The molecule has 118 valence electrons. The molecule has 0 saturated carbocycles. The summed E-state index contributed by atoms with van der Waals surface area (Å²) in [6.45, 7) is 4.88. The molecular weight excluding hydrogens is 325 g/mol. The van der Waals surface area contributed by atoms with Gasteiger partial charge in [0.1, 0.15) is 6.10 Å². The molecule has 2 aromatic rings. The van der Waals surface area contributed by atoms with E-state index in [-0.39, 0.29) is 11.9 Å². The highest BCUT2D eigenvalue weighted by atomic mass is 35.5. The van der Waals surface area contributed by atoms with Crippen LogP contribution in [0.4, 0.5) is 0 Å². The molecule has 1 N–H and O–H groups in total. The maximum atomic E-state index is 10.1. The summed E-state index contributed by atoms with van der Waals surface area (Å²) in [5.74, 6) is 0.412. The van der Waals surface area contributed by atoms with Crippen LogP contribution in [0, 0.1) is 0 Å². The molecule has 6 heteroatoms. The van der Waals surface area contributed by atoms with E-state index >= 15 is 0 Å². The first kappa shape index (κ1) is 16.9. The Kier molecular flexibility index (Phi) is 5.89. The monoisotopic (exact) mass is 341 g/mol. The van der Waals surface area contributed by atoms with Crippen molar-refractivity contribution in [3.63, 3.8) is 0 Å². The summed E-state index contributed by atoms with van der Waals surface area (Å²) in [4.78, 5) is 4.18. The van der Waals surface area contributed by atoms with E-state index in [0.29, 0.717) is 40.3 Å². The number of aromatic hydroxyl groups is 1. The maximum absolute atomic E-state index is 10.1. The molecule has 22 heavy (non-hydrogen) atoms. The van der Waals surface area contributed by atoms with Crippen LogP contribution in [-0.2, 0) is 4.74 Å². The summed E-state index contributed by atoms with van der Waals surface area (Å²) in [5.41, 5.74) is 1.24. The number of ether oxygens (including phenoxy) is 2. The first-order valence-corrected chi connectivity index (χ1v) is 7.65. The van der Waals surface area contributed by atoms with Gasteiger partial charge in [0, 0.05) is 18.4 Å². The van der Waals surface area contributed by atoms with E-state index in [4.69, 9.17) is 32.7 Å². The molecule has 0 bridgehead atoms. The lowest BCUT2D eigenvalue weighted by Crippen LogP contribution is -2.19. The number of hydrogen-bond donors (Lipinski definition) is 1. The number of benzene rings is 1. The Bertz CT molecular complexity index is 649. The molecule has 0 aliphatic rings. The third-order valence-corrected chi connectivity index (χ3v) is 3.42. The highest BCUT2D eigenvalue weighted by Crippen LogP contribution is 2.34. The number of phenols is 1. The van der Waals surface area contributed by atoms with Crippen LogP contribution in [-0.4, -0.2) is 29.4 Å². The number of aromatic nitrogens is 1. The van der Waals surface area contributed by atoms with Crippen LogP contribution in [0.5, 0.6) is 11.5 Å². The normalized spacial score (nSPS) is 12.2. The van der Waals surface area contributed by atoms with Crippen molar-refractivity contribution in [2.24, 2.45) is 0 Å². The van der Waals surface area contributed by atoms with Gasteiger partial charge >= 0.3 is 0 Å². The number of nitrogens with zero attached hydrogens (tertiary/aromatic N) is 1. The van der Waals surface area contributed by atoms with Gasteiger partial charge in [-0.3, -0.25) is 4.98 Å². The largest absolute Gasteiger partial charge is 0.504 e. The van der Waals surface area contributed by atoms with Crippen LogP contribution >= 0.6 is 23.2 Å². The summed E-state index contributed by atoms with van der Waals surface area (Å²) >= 11 is 12.0. The van der Waals surface area contributed by atoms with Crippen LogP contribution in [0.1, 0.15) is 13.8 Å². The van der Waals surface area contributed by atoms with E-state index in [0.717, 1.165) is 0 Å². The second-order valence-electron chi connectivity index (χ2n) is 4.75. The summed E-state index contributed by atoms with van der Waals surface area (Å²) in [5, 5.41) is 11.0. The lowest BCUT2D eigenvalue weighted by molar-refractivity contribution is 0.0643. The molecule has 0 saturated heterocycles. The van der Waals surface area contributed by atoms with Crippen molar-refractivity contribution in [1.82, 2.24) is 4.98 Å². The van der Waals surface area contributed by atoms with Crippen molar-refractivity contribution in [2.45, 2.75) is 20.0 Å². The highest BCUT2D eigenvalue weighted by Gasteiger charge is 2.12. The fourth-order valence-electron chi connectivity index (χ4n) is 1.93. The highest BCUT2D eigenvalue weighted by molar-refractivity contribution is 6.36. The minimum Gasteiger partial charge on any atom is -0.504 e. The average molecular weight is 342 g/mol. The van der Waals surface area contributed by atoms with Gasteiger partial charge in [-0.15, -0.1) is 0 Å². The average Bonchev–Trinajstić information content (AvgIpc) is 2.47. The summed E-state index contributed by atoms with van der Waals surface area (Å²) in [6, 6.07) is 6.63. The van der Waals surface area contributed by atoms with Gasteiger partial charge in [0.05, 0.1) is 22.3 Å². The van der Waals surface area contributed by atoms with Crippen LogP contribution in [0.2, 0.25) is 10.0 Å². The lowest BCUT2D eigenvalue weighted by atomic mass is 10.1. The summed E-state index contributed by atoms with van der Waals surface area (Å²) in [7, 11) is 0. The minimum atomic E-state index is -0.158. The Morgan fingerprint density at radius 1 is 1.27 bits per heavy atom. The molecule has 0 spiro atoms. The van der Waals surface area contributed by atoms with Crippen LogP contribution < -0.4 is 4.74 Å². The first-order chi connectivity index (χ1) is 10.5. The molecule has 1 atom stereocenters. The Balaban J connectivity index is 2.19. The zero-order valence-corrected chi connectivity index (χ0v) is 13.9. The second kappa shape index (κ2) is 7.68. The summed E-state index contributed by atoms with van der Waals surface area (Å²) < 4.78 is 10.9. The SMILES string of the molecule is CCOCC(C)Oc1ccc(-c2ncc(Cl)cc2Cl)cc1O. The van der Waals surface area contributed by atoms with E-state index in [1.54, 1.807) is 24.3 Å². The molecule has 1 aromatic carbocycles. The maximum Gasteiger partial charge on any atom is 0.161 e. The van der Waals surface area contributed by atoms with Crippen molar-refractivity contribution < 1.29 is 14.6 Å². The number of rotatable bonds is 6. The summed E-state index contributed by atoms with van der Waals surface area (Å²) in [6.07, 6.45) is 1.35. The molecule has 0 amide bonds. The minimum absolute atomic E-state index is 0.0219. The van der Waals surface area contributed by atoms with E-state index < -0.39 is 0 Å². The van der Waals surface area contributed by atoms with Crippen LogP contribution in [0.25, 0.3) is 11.3 Å². The molecule has 1 heterocycles. The predicted octanol–water partition coefficient (Wildman–Crippen LogP) is 4.56. The molecule has 0 aliphatic heterocycles. The van der Waals surface area contributed by atoms with Gasteiger partial charge in [-0.25, -0.2) is 0 Å². The molecule has 1 aromatic heterocycles. The molecule has 0 radical (unpaired) electrons. The van der Waals surface area contributed by atoms with Crippen molar-refractivity contribution >= 4 is 23.2 Å². The van der Waals surface area contributed by atoms with Gasteiger partial charge in [-0.1, -0.05) is 23.2 Å². The Morgan fingerprint density at radius 3 is 2.68 bits per heavy atom. The Hall–Kier alpha value is -1.49. The number of pyridine rings is 1. The number of halogens is 2. The van der Waals surface area contributed by atoms with Gasteiger partial charge < -0.3 is 14.6 Å². The topological polar surface area (TPSA) is 51.6 Å². The van der Waals surface area contributed by atoms with Crippen molar-refractivity contribution in [2.75, 3.05) is 13.2 Å². The Morgan fingerprint density at radius 2 is 2.05 bits per heavy atom. The molecule has 2 rings (SSSR count). The predicted molar refractivity (Wildman–Crippen MR) is 87.9 cm³/mol. The van der Waals surface area contributed by atoms with Crippen molar-refractivity contribution in [3.8, 4) is 22.8 Å². The number of phenolic OH excluding ortho intramolecular Hbond substituents is 1. The third kappa shape index (κ3) is 4.26. The van der Waals surface area contributed by atoms with Gasteiger partial charge in [-0.05, 0) is 38.1 Å². The molecule has 0 fully saturated rings. The van der Waals surface area contributed by atoms with E-state index in [1.165, 1.54) is 6.20 Å². The fourth-order valence-corrected chi connectivity index (χ4v) is 2.42. The standard InChI is InChI=1S/C16H17Cl2NO3/c1-3-21-9-10(2)22-15-5-4-11(6-14(15)20)16-13(18)7-12(17)8-19-16/h4-8,10,20H,3,9H2,1-2H3. The zero-order valence-electron chi connectivity index (χ0n) is 12.3. The van der Waals surface area contributed by atoms with Gasteiger partial charge in [0.15, 0.2) is 11.5 Å². The second-order valence-corrected chi connectivity index (χ2v) is 5.60. The molecule has 0 aliphatic carbocycles. The smallest absolute Gasteiger partial charge is 0.161 e. The van der Waals surface area contributed by atoms with E-state index in [9.17, 15) is 5.11 Å². The van der Waals surface area contributed by atoms with Crippen molar-refractivity contribution in [1.29, 1.82) is 0 Å². The van der Waals surface area contributed by atoms with Crippen LogP contribution in [0.3, 0.4) is 0 Å². The lowest BCUT2D eigenvalue weighted by Gasteiger charge is -2.16. The zero-order chi connectivity index (χ0) is 16.1. The van der Waals surface area contributed by atoms with Gasteiger partial charge in [-0.2, -0.15) is 0 Å². The van der Waals surface area contributed by atoms with Crippen molar-refractivity contribution in [3.05, 3.63) is 40.5 Å². The first-order valence-electron chi connectivity index (χ1n) is 6.90. The van der Waals surface area contributed by atoms with Gasteiger partial charge in [0.2, 0.25) is 0 Å². The van der Waals surface area contributed by atoms with Crippen LogP contribution in [0.15, 0.2) is 30.5 Å². The molecular formula is C16H17Cl2NO3. The quantitative estimate of drug-likeness (QED) is 0.836.